The van der Waals surface area contributed by atoms with Gasteiger partial charge in [-0.05, 0) is 36.1 Å². The van der Waals surface area contributed by atoms with Gasteiger partial charge in [-0.2, -0.15) is 0 Å². The molecule has 2 rings (SSSR count). The van der Waals surface area contributed by atoms with E-state index in [4.69, 9.17) is 23.4 Å². The third-order valence-corrected chi connectivity index (χ3v) is 5.37. The van der Waals surface area contributed by atoms with E-state index in [0.717, 1.165) is 10.0 Å². The van der Waals surface area contributed by atoms with Gasteiger partial charge in [0, 0.05) is 11.0 Å². The average Bonchev–Trinajstić information content (AvgIpc) is 2.74. The minimum absolute atomic E-state index is 0.0802. The molecule has 1 aliphatic heterocycles. The lowest BCUT2D eigenvalue weighted by Gasteiger charge is -2.18. The molecule has 1 aliphatic rings. The molecular formula is C17H18BrNO2S2. The minimum atomic E-state index is -0.205. The van der Waals surface area contributed by atoms with Crippen molar-refractivity contribution in [2.75, 3.05) is 13.2 Å². The zero-order chi connectivity index (χ0) is 17.0. The molecule has 1 aromatic carbocycles. The Morgan fingerprint density at radius 3 is 2.91 bits per heavy atom. The minimum Gasteiger partial charge on any atom is -0.481 e. The van der Waals surface area contributed by atoms with Gasteiger partial charge in [0.25, 0.3) is 0 Å². The van der Waals surface area contributed by atoms with Crippen molar-refractivity contribution in [3.05, 3.63) is 28.2 Å². The summed E-state index contributed by atoms with van der Waals surface area (Å²) in [5.41, 5.74) is 0.953. The van der Waals surface area contributed by atoms with Crippen molar-refractivity contribution in [2.24, 2.45) is 5.92 Å². The molecule has 1 saturated heterocycles. The number of nitrogens with zero attached hydrogens (tertiary/aromatic N) is 1. The molecule has 6 heteroatoms. The molecule has 0 aromatic heterocycles. The Morgan fingerprint density at radius 2 is 2.26 bits per heavy atom. The maximum absolute atomic E-state index is 12.6. The Kier molecular flexibility index (Phi) is 6.51. The normalized spacial score (nSPS) is 17.7. The zero-order valence-electron chi connectivity index (χ0n) is 13.0. The Labute approximate surface area is 155 Å². The summed E-state index contributed by atoms with van der Waals surface area (Å²) in [6.45, 7) is 5.03. The number of thiocarbonyl (C=S) groups is 1. The predicted molar refractivity (Wildman–Crippen MR) is 103 cm³/mol. The largest absolute Gasteiger partial charge is 0.481 e. The van der Waals surface area contributed by atoms with Gasteiger partial charge in [0.1, 0.15) is 16.7 Å². The molecule has 1 aromatic rings. The van der Waals surface area contributed by atoms with Crippen molar-refractivity contribution in [3.8, 4) is 18.1 Å². The third-order valence-electron chi connectivity index (χ3n) is 3.29. The molecule has 0 unspecified atom stereocenters. The Morgan fingerprint density at radius 1 is 1.52 bits per heavy atom. The van der Waals surface area contributed by atoms with Gasteiger partial charge in [-0.1, -0.05) is 59.7 Å². The molecule has 0 radical (unpaired) electrons. The summed E-state index contributed by atoms with van der Waals surface area (Å²) < 4.78 is 7.19. The van der Waals surface area contributed by atoms with Gasteiger partial charge in [0.15, 0.2) is 0 Å². The van der Waals surface area contributed by atoms with Crippen LogP contribution in [-0.4, -0.2) is 33.5 Å². The number of rotatable bonds is 6. The fraction of sp³-hybridized carbons (Fsp3) is 0.412. The van der Waals surface area contributed by atoms with Crippen LogP contribution in [0.15, 0.2) is 22.7 Å². The highest BCUT2D eigenvalue weighted by molar-refractivity contribution is 9.10. The molecule has 3 nitrogen and oxygen atoms in total. The monoisotopic (exact) mass is 411 g/mol. The van der Waals surface area contributed by atoms with E-state index < -0.39 is 0 Å². The van der Waals surface area contributed by atoms with Crippen LogP contribution in [0.4, 0.5) is 0 Å². The lowest BCUT2D eigenvalue weighted by molar-refractivity contribution is -0.126. The smallest absolute Gasteiger partial charge is 0.241 e. The average molecular weight is 412 g/mol. The van der Waals surface area contributed by atoms with Crippen LogP contribution in [0.1, 0.15) is 19.4 Å². The van der Waals surface area contributed by atoms with Gasteiger partial charge in [-0.25, -0.2) is 0 Å². The number of ether oxygens (including phenoxy) is 1. The Balaban J connectivity index is 2.16. The van der Waals surface area contributed by atoms with E-state index in [0.29, 0.717) is 29.0 Å². The zero-order valence-corrected chi connectivity index (χ0v) is 16.3. The van der Waals surface area contributed by atoms with Gasteiger partial charge < -0.3 is 4.74 Å². The first kappa shape index (κ1) is 18.3. The molecule has 1 amide bonds. The van der Waals surface area contributed by atoms with Gasteiger partial charge in [-0.15, -0.1) is 6.42 Å². The fourth-order valence-corrected chi connectivity index (χ4v) is 4.27. The van der Waals surface area contributed by atoms with Gasteiger partial charge in [0.05, 0.1) is 5.25 Å². The molecule has 0 aliphatic carbocycles. The summed E-state index contributed by atoms with van der Waals surface area (Å²) in [6, 6.07) is 5.73. The molecule has 0 spiro atoms. The van der Waals surface area contributed by atoms with E-state index in [2.05, 4.69) is 35.7 Å². The van der Waals surface area contributed by atoms with Crippen LogP contribution in [0.2, 0.25) is 0 Å². The number of amides is 1. The summed E-state index contributed by atoms with van der Waals surface area (Å²) >= 11 is 10.3. The highest BCUT2D eigenvalue weighted by Gasteiger charge is 2.37. The first-order valence-corrected chi connectivity index (χ1v) is 9.37. The summed E-state index contributed by atoms with van der Waals surface area (Å²) in [5, 5.41) is -0.205. The van der Waals surface area contributed by atoms with Gasteiger partial charge in [-0.3, -0.25) is 9.69 Å². The number of benzene rings is 1. The van der Waals surface area contributed by atoms with Crippen LogP contribution in [-0.2, 0) is 11.2 Å². The van der Waals surface area contributed by atoms with Crippen molar-refractivity contribution in [1.29, 1.82) is 0 Å². The van der Waals surface area contributed by atoms with Crippen LogP contribution < -0.4 is 4.74 Å². The van der Waals surface area contributed by atoms with Crippen LogP contribution in [0, 0.1) is 18.3 Å². The van der Waals surface area contributed by atoms with Crippen molar-refractivity contribution in [3.63, 3.8) is 0 Å². The Bertz CT molecular complexity index is 654. The molecule has 0 N–H and O–H groups in total. The van der Waals surface area contributed by atoms with Crippen LogP contribution in [0.3, 0.4) is 0 Å². The lowest BCUT2D eigenvalue weighted by Crippen LogP contribution is -2.35. The van der Waals surface area contributed by atoms with Crippen LogP contribution in [0.25, 0.3) is 0 Å². The molecule has 1 fully saturated rings. The first-order chi connectivity index (χ1) is 10.9. The van der Waals surface area contributed by atoms with Gasteiger partial charge in [0.2, 0.25) is 5.91 Å². The number of carbonyl (C=O) groups excluding carboxylic acids is 1. The van der Waals surface area contributed by atoms with Crippen LogP contribution in [0.5, 0.6) is 5.75 Å². The number of thioether (sulfide) groups is 1. The molecule has 23 heavy (non-hydrogen) atoms. The molecule has 0 saturated carbocycles. The second kappa shape index (κ2) is 8.18. The summed E-state index contributed by atoms with van der Waals surface area (Å²) in [4.78, 5) is 14.3. The summed E-state index contributed by atoms with van der Waals surface area (Å²) in [7, 11) is 0. The van der Waals surface area contributed by atoms with Crippen molar-refractivity contribution in [1.82, 2.24) is 4.90 Å². The second-order valence-corrected chi connectivity index (χ2v) is 8.42. The number of halogens is 1. The van der Waals surface area contributed by atoms with Gasteiger partial charge >= 0.3 is 0 Å². The van der Waals surface area contributed by atoms with E-state index in [1.165, 1.54) is 11.8 Å². The first-order valence-electron chi connectivity index (χ1n) is 7.29. The molecule has 1 heterocycles. The number of carbonyl (C=O) groups is 1. The number of terminal acetylenes is 1. The van der Waals surface area contributed by atoms with Crippen molar-refractivity contribution < 1.29 is 9.53 Å². The molecule has 0 bridgehead atoms. The number of hydrogen-bond donors (Lipinski definition) is 0. The highest BCUT2D eigenvalue weighted by atomic mass is 79.9. The predicted octanol–water partition coefficient (Wildman–Crippen LogP) is 3.89. The lowest BCUT2D eigenvalue weighted by atomic mass is 10.1. The van der Waals surface area contributed by atoms with E-state index in [1.807, 2.05) is 18.2 Å². The topological polar surface area (TPSA) is 29.5 Å². The molecular weight excluding hydrogens is 394 g/mol. The number of hydrogen-bond acceptors (Lipinski definition) is 4. The maximum atomic E-state index is 12.6. The standard InChI is InChI=1S/C17H18BrNO2S2/c1-4-7-21-14-6-5-13(18)8-12(14)9-15-16(20)19(10-11(2)3)17(22)23-15/h1,5-6,8,11,15H,7,9-10H2,2-3H3/t15-/m0/s1. The fourth-order valence-electron chi connectivity index (χ4n) is 2.33. The van der Waals surface area contributed by atoms with Crippen molar-refractivity contribution in [2.45, 2.75) is 25.5 Å². The molecule has 122 valence electrons. The van der Waals surface area contributed by atoms with E-state index in [1.54, 1.807) is 4.90 Å². The second-order valence-electron chi connectivity index (χ2n) is 5.66. The quantitative estimate of drug-likeness (QED) is 0.524. The summed E-state index contributed by atoms with van der Waals surface area (Å²) in [6.07, 6.45) is 5.83. The summed E-state index contributed by atoms with van der Waals surface area (Å²) in [5.74, 6) is 3.64. The maximum Gasteiger partial charge on any atom is 0.241 e. The van der Waals surface area contributed by atoms with Crippen LogP contribution >= 0.6 is 39.9 Å². The highest BCUT2D eigenvalue weighted by Crippen LogP contribution is 2.33. The van der Waals surface area contributed by atoms with E-state index >= 15 is 0 Å². The van der Waals surface area contributed by atoms with E-state index in [9.17, 15) is 4.79 Å². The molecule has 1 atom stereocenters. The Hall–Kier alpha value is -1.03. The SMILES string of the molecule is C#CCOc1ccc(Br)cc1C[C@@H]1SC(=S)N(CC(C)C)C1=O. The van der Waals surface area contributed by atoms with Crippen molar-refractivity contribution >= 4 is 50.1 Å². The third kappa shape index (κ3) is 4.72. The van der Waals surface area contributed by atoms with E-state index in [-0.39, 0.29) is 17.8 Å².